The third-order valence-electron chi connectivity index (χ3n) is 3.98. The van der Waals surface area contributed by atoms with Gasteiger partial charge in [0.05, 0.1) is 5.56 Å². The first kappa shape index (κ1) is 15.8. The smallest absolute Gasteiger partial charge is 0.257 e. The molecule has 0 fully saturated rings. The predicted molar refractivity (Wildman–Crippen MR) is 98.3 cm³/mol. The molecule has 26 heavy (non-hydrogen) atoms. The molecular weight excluding hydrogens is 328 g/mol. The van der Waals surface area contributed by atoms with E-state index < -0.39 is 0 Å². The topological polar surface area (TPSA) is 72.2 Å². The third kappa shape index (κ3) is 3.10. The molecule has 2 heterocycles. The first-order valence-corrected chi connectivity index (χ1v) is 8.05. The Morgan fingerprint density at radius 1 is 0.885 bits per heavy atom. The highest BCUT2D eigenvalue weighted by molar-refractivity contribution is 6.09. The summed E-state index contributed by atoms with van der Waals surface area (Å²) in [7, 11) is 0. The zero-order valence-corrected chi connectivity index (χ0v) is 13.7. The molecule has 5 nitrogen and oxygen atoms in total. The number of rotatable bonds is 4. The van der Waals surface area contributed by atoms with Crippen molar-refractivity contribution in [1.82, 2.24) is 4.98 Å². The van der Waals surface area contributed by atoms with Crippen LogP contribution in [0.5, 0.6) is 0 Å². The zero-order chi connectivity index (χ0) is 17.9. The first-order valence-electron chi connectivity index (χ1n) is 8.05. The van der Waals surface area contributed by atoms with Crippen molar-refractivity contribution in [3.8, 4) is 0 Å². The number of ketones is 1. The van der Waals surface area contributed by atoms with Gasteiger partial charge in [-0.1, -0.05) is 18.2 Å². The van der Waals surface area contributed by atoms with E-state index in [2.05, 4.69) is 10.3 Å². The van der Waals surface area contributed by atoms with E-state index in [0.717, 1.165) is 5.39 Å². The second-order valence-electron chi connectivity index (χ2n) is 5.75. The summed E-state index contributed by atoms with van der Waals surface area (Å²) >= 11 is 0. The van der Waals surface area contributed by atoms with Crippen molar-refractivity contribution >= 4 is 28.3 Å². The number of furan rings is 1. The van der Waals surface area contributed by atoms with Gasteiger partial charge >= 0.3 is 0 Å². The van der Waals surface area contributed by atoms with E-state index in [4.69, 9.17) is 4.42 Å². The lowest BCUT2D eigenvalue weighted by Gasteiger charge is -2.05. The largest absolute Gasteiger partial charge is 0.453 e. The second kappa shape index (κ2) is 6.64. The number of benzene rings is 2. The Morgan fingerprint density at radius 3 is 2.42 bits per heavy atom. The van der Waals surface area contributed by atoms with E-state index in [1.807, 2.05) is 24.3 Å². The highest BCUT2D eigenvalue weighted by Gasteiger charge is 2.14. The van der Waals surface area contributed by atoms with Gasteiger partial charge in [0, 0.05) is 29.0 Å². The van der Waals surface area contributed by atoms with Crippen LogP contribution in [0.25, 0.3) is 11.0 Å². The van der Waals surface area contributed by atoms with Crippen molar-refractivity contribution < 1.29 is 14.0 Å². The normalized spacial score (nSPS) is 10.6. The number of anilines is 1. The highest BCUT2D eigenvalue weighted by atomic mass is 16.3. The number of hydrogen-bond acceptors (Lipinski definition) is 4. The van der Waals surface area contributed by atoms with Crippen LogP contribution < -0.4 is 5.32 Å². The average molecular weight is 342 g/mol. The van der Waals surface area contributed by atoms with E-state index in [-0.39, 0.29) is 11.7 Å². The number of carbonyl (C=O) groups is 2. The summed E-state index contributed by atoms with van der Waals surface area (Å²) in [6.45, 7) is 0. The predicted octanol–water partition coefficient (Wildman–Crippen LogP) is 4.31. The van der Waals surface area contributed by atoms with Gasteiger partial charge in [0.2, 0.25) is 5.78 Å². The molecule has 0 spiro atoms. The fourth-order valence-electron chi connectivity index (χ4n) is 2.64. The van der Waals surface area contributed by atoms with Gasteiger partial charge in [-0.2, -0.15) is 0 Å². The maximum absolute atomic E-state index is 12.6. The molecule has 2 aromatic heterocycles. The van der Waals surface area contributed by atoms with Crippen LogP contribution in [0.2, 0.25) is 0 Å². The third-order valence-corrected chi connectivity index (χ3v) is 3.98. The lowest BCUT2D eigenvalue weighted by Crippen LogP contribution is -2.12. The number of hydrogen-bond donors (Lipinski definition) is 1. The van der Waals surface area contributed by atoms with Crippen LogP contribution >= 0.6 is 0 Å². The van der Waals surface area contributed by atoms with Gasteiger partial charge < -0.3 is 9.73 Å². The molecule has 4 rings (SSSR count). The van der Waals surface area contributed by atoms with Gasteiger partial charge in [-0.25, -0.2) is 0 Å². The molecule has 0 radical (unpaired) electrons. The molecule has 0 saturated heterocycles. The molecule has 0 unspecified atom stereocenters. The Morgan fingerprint density at radius 2 is 1.69 bits per heavy atom. The minimum absolute atomic E-state index is 0.202. The fraction of sp³-hybridized carbons (Fsp3) is 0. The van der Waals surface area contributed by atoms with Crippen LogP contribution in [0, 0.1) is 0 Å². The molecule has 5 heteroatoms. The monoisotopic (exact) mass is 342 g/mol. The number of pyridine rings is 1. The molecule has 1 N–H and O–H groups in total. The molecule has 0 aliphatic carbocycles. The van der Waals surface area contributed by atoms with Crippen molar-refractivity contribution in [2.45, 2.75) is 0 Å². The Labute approximate surface area is 149 Å². The van der Waals surface area contributed by atoms with E-state index in [0.29, 0.717) is 28.2 Å². The molecule has 0 aliphatic heterocycles. The van der Waals surface area contributed by atoms with Crippen LogP contribution in [0.15, 0.2) is 83.5 Å². The highest BCUT2D eigenvalue weighted by Crippen LogP contribution is 2.22. The van der Waals surface area contributed by atoms with Crippen molar-refractivity contribution in [1.29, 1.82) is 0 Å². The molecule has 2 aromatic carbocycles. The molecule has 126 valence electrons. The minimum Gasteiger partial charge on any atom is -0.453 e. The van der Waals surface area contributed by atoms with Gasteiger partial charge in [0.25, 0.3) is 5.91 Å². The number of aromatic nitrogens is 1. The number of amides is 1. The summed E-state index contributed by atoms with van der Waals surface area (Å²) in [4.78, 5) is 28.6. The number of para-hydroxylation sites is 1. The van der Waals surface area contributed by atoms with Gasteiger partial charge in [-0.15, -0.1) is 0 Å². The maximum Gasteiger partial charge on any atom is 0.257 e. The fourth-order valence-corrected chi connectivity index (χ4v) is 2.64. The van der Waals surface area contributed by atoms with E-state index in [9.17, 15) is 9.59 Å². The van der Waals surface area contributed by atoms with Gasteiger partial charge in [-0.3, -0.25) is 14.6 Å². The summed E-state index contributed by atoms with van der Waals surface area (Å²) < 4.78 is 5.61. The summed E-state index contributed by atoms with van der Waals surface area (Å²) in [5.74, 6) is -0.167. The van der Waals surface area contributed by atoms with Crippen molar-refractivity contribution in [2.24, 2.45) is 0 Å². The van der Waals surface area contributed by atoms with Crippen LogP contribution in [-0.4, -0.2) is 16.7 Å². The second-order valence-corrected chi connectivity index (χ2v) is 5.75. The lowest BCUT2D eigenvalue weighted by molar-refractivity contribution is 0.101. The number of carbonyl (C=O) groups excluding carboxylic acids is 2. The van der Waals surface area contributed by atoms with Crippen molar-refractivity contribution in [3.63, 3.8) is 0 Å². The standard InChI is InChI=1S/C21H14N2O3/c24-20(19-12-15-4-1-2-6-18(15)26-19)14-7-9-17(10-8-14)23-21(25)16-5-3-11-22-13-16/h1-13H,(H,23,25). The van der Waals surface area contributed by atoms with E-state index >= 15 is 0 Å². The first-order chi connectivity index (χ1) is 12.7. The SMILES string of the molecule is O=C(Nc1ccc(C(=O)c2cc3ccccc3o2)cc1)c1cccnc1. The number of nitrogens with zero attached hydrogens (tertiary/aromatic N) is 1. The van der Waals surface area contributed by atoms with Crippen molar-refractivity contribution in [2.75, 3.05) is 5.32 Å². The summed E-state index contributed by atoms with van der Waals surface area (Å²) in [5, 5.41) is 3.66. The Hall–Kier alpha value is -3.73. The van der Waals surface area contributed by atoms with Gasteiger partial charge in [0.15, 0.2) is 5.76 Å². The van der Waals surface area contributed by atoms with Crippen LogP contribution in [-0.2, 0) is 0 Å². The summed E-state index contributed by atoms with van der Waals surface area (Å²) in [6, 6.07) is 19.3. The number of nitrogens with one attached hydrogen (secondary N) is 1. The molecule has 0 saturated carbocycles. The Bertz CT molecular complexity index is 1050. The van der Waals surface area contributed by atoms with Crippen LogP contribution in [0.4, 0.5) is 5.69 Å². The Balaban J connectivity index is 1.52. The molecule has 0 atom stereocenters. The molecular formula is C21H14N2O3. The van der Waals surface area contributed by atoms with Gasteiger partial charge in [-0.05, 0) is 48.5 Å². The Kier molecular flexibility index (Phi) is 4.03. The number of fused-ring (bicyclic) bond motifs is 1. The van der Waals surface area contributed by atoms with Crippen LogP contribution in [0.3, 0.4) is 0 Å². The average Bonchev–Trinajstić information content (AvgIpc) is 3.13. The molecule has 4 aromatic rings. The quantitative estimate of drug-likeness (QED) is 0.561. The minimum atomic E-state index is -0.255. The summed E-state index contributed by atoms with van der Waals surface area (Å²) in [6.07, 6.45) is 3.10. The molecule has 0 bridgehead atoms. The zero-order valence-electron chi connectivity index (χ0n) is 13.7. The maximum atomic E-state index is 12.6. The van der Waals surface area contributed by atoms with Crippen LogP contribution in [0.1, 0.15) is 26.5 Å². The molecule has 0 aliphatic rings. The van der Waals surface area contributed by atoms with Gasteiger partial charge in [0.1, 0.15) is 5.58 Å². The molecule has 1 amide bonds. The summed E-state index contributed by atoms with van der Waals surface area (Å²) in [5.41, 5.74) is 2.23. The van der Waals surface area contributed by atoms with Crippen molar-refractivity contribution in [3.05, 3.63) is 96.0 Å². The van der Waals surface area contributed by atoms with E-state index in [1.165, 1.54) is 6.20 Å². The van der Waals surface area contributed by atoms with E-state index in [1.54, 1.807) is 48.7 Å². The lowest BCUT2D eigenvalue weighted by atomic mass is 10.1.